The molecule has 0 aliphatic heterocycles. The van der Waals surface area contributed by atoms with E-state index in [4.69, 9.17) is 9.15 Å². The topological polar surface area (TPSA) is 164 Å². The van der Waals surface area contributed by atoms with Crippen molar-refractivity contribution >= 4 is 23.5 Å². The molecule has 1 heterocycles. The standard InChI is InChI=1S/C26H26N2O9/c1-14-10-20(30)24(33)25(37-14)18(16-6-9-19(29)21(11-16)35-2)12-22(31)27-13-23(32)28-17-7-4-15(5-8-17)26(34)36-3/h4-11,18,29,33H,12-13H2,1-3H3,(H,27,31)(H,28,32). The zero-order valence-electron chi connectivity index (χ0n) is 20.4. The predicted molar refractivity (Wildman–Crippen MR) is 132 cm³/mol. The second kappa shape index (κ2) is 11.8. The predicted octanol–water partition coefficient (Wildman–Crippen LogP) is 2.43. The van der Waals surface area contributed by atoms with Gasteiger partial charge in [-0.15, -0.1) is 0 Å². The van der Waals surface area contributed by atoms with Gasteiger partial charge in [-0.05, 0) is 48.9 Å². The van der Waals surface area contributed by atoms with Crippen LogP contribution in [0.1, 0.15) is 39.8 Å². The van der Waals surface area contributed by atoms with E-state index in [0.29, 0.717) is 16.8 Å². The number of esters is 1. The van der Waals surface area contributed by atoms with Crippen molar-refractivity contribution in [2.75, 3.05) is 26.1 Å². The number of aryl methyl sites for hydroxylation is 1. The summed E-state index contributed by atoms with van der Waals surface area (Å²) in [5, 5.41) is 25.4. The molecule has 2 amide bonds. The molecular formula is C26H26N2O9. The molecule has 0 spiro atoms. The Balaban J connectivity index is 1.75. The fourth-order valence-electron chi connectivity index (χ4n) is 3.58. The molecule has 194 valence electrons. The van der Waals surface area contributed by atoms with Crippen LogP contribution in [0.15, 0.2) is 57.7 Å². The van der Waals surface area contributed by atoms with Crippen LogP contribution in [0.3, 0.4) is 0 Å². The highest BCUT2D eigenvalue weighted by Crippen LogP contribution is 2.37. The summed E-state index contributed by atoms with van der Waals surface area (Å²) >= 11 is 0. The lowest BCUT2D eigenvalue weighted by molar-refractivity contribution is -0.124. The number of phenolic OH excluding ortho intramolecular Hbond substituents is 1. The van der Waals surface area contributed by atoms with Gasteiger partial charge in [0.25, 0.3) is 0 Å². The third-order valence-corrected chi connectivity index (χ3v) is 5.42. The molecule has 0 bridgehead atoms. The summed E-state index contributed by atoms with van der Waals surface area (Å²) in [5.41, 5.74) is 0.473. The highest BCUT2D eigenvalue weighted by atomic mass is 16.5. The normalized spacial score (nSPS) is 11.3. The maximum Gasteiger partial charge on any atom is 0.337 e. The second-order valence-corrected chi connectivity index (χ2v) is 8.02. The smallest absolute Gasteiger partial charge is 0.337 e. The first-order valence-electron chi connectivity index (χ1n) is 11.1. The molecule has 1 unspecified atom stereocenters. The van der Waals surface area contributed by atoms with E-state index in [1.54, 1.807) is 0 Å². The molecule has 11 heteroatoms. The first-order valence-corrected chi connectivity index (χ1v) is 11.1. The minimum absolute atomic E-state index is 0.120. The van der Waals surface area contributed by atoms with Crippen molar-refractivity contribution in [3.8, 4) is 17.2 Å². The molecule has 11 nitrogen and oxygen atoms in total. The van der Waals surface area contributed by atoms with E-state index >= 15 is 0 Å². The van der Waals surface area contributed by atoms with Gasteiger partial charge in [0.1, 0.15) is 5.76 Å². The van der Waals surface area contributed by atoms with Crippen LogP contribution in [0, 0.1) is 6.92 Å². The van der Waals surface area contributed by atoms with Gasteiger partial charge in [0.05, 0.1) is 32.2 Å². The average molecular weight is 510 g/mol. The minimum atomic E-state index is -0.934. The fraction of sp³-hybridized carbons (Fsp3) is 0.231. The van der Waals surface area contributed by atoms with Gasteiger partial charge in [-0.25, -0.2) is 4.79 Å². The quantitative estimate of drug-likeness (QED) is 0.316. The van der Waals surface area contributed by atoms with E-state index in [1.807, 2.05) is 0 Å². The third kappa shape index (κ3) is 6.66. The van der Waals surface area contributed by atoms with Gasteiger partial charge in [-0.3, -0.25) is 14.4 Å². The van der Waals surface area contributed by atoms with Crippen molar-refractivity contribution in [3.63, 3.8) is 0 Å². The summed E-state index contributed by atoms with van der Waals surface area (Å²) in [4.78, 5) is 48.8. The molecule has 0 saturated heterocycles. The Bertz CT molecular complexity index is 1360. The van der Waals surface area contributed by atoms with Crippen molar-refractivity contribution in [1.29, 1.82) is 0 Å². The Morgan fingerprint density at radius 3 is 2.35 bits per heavy atom. The number of methoxy groups -OCH3 is 2. The fourth-order valence-corrected chi connectivity index (χ4v) is 3.58. The molecule has 1 aromatic heterocycles. The van der Waals surface area contributed by atoms with Crippen LogP contribution >= 0.6 is 0 Å². The molecule has 0 fully saturated rings. The van der Waals surface area contributed by atoms with Gasteiger partial charge >= 0.3 is 5.97 Å². The van der Waals surface area contributed by atoms with E-state index in [9.17, 15) is 29.4 Å². The molecular weight excluding hydrogens is 484 g/mol. The monoisotopic (exact) mass is 510 g/mol. The number of amides is 2. The number of phenols is 1. The number of hydrogen-bond acceptors (Lipinski definition) is 9. The van der Waals surface area contributed by atoms with Crippen LogP contribution in [0.5, 0.6) is 17.2 Å². The number of rotatable bonds is 9. The number of carbonyl (C=O) groups is 3. The van der Waals surface area contributed by atoms with Crippen molar-refractivity contribution in [3.05, 3.63) is 81.4 Å². The Labute approximate surface area is 211 Å². The summed E-state index contributed by atoms with van der Waals surface area (Å²) in [6, 6.07) is 11.4. The average Bonchev–Trinajstić information content (AvgIpc) is 2.88. The number of nitrogens with one attached hydrogen (secondary N) is 2. The highest BCUT2D eigenvalue weighted by molar-refractivity contribution is 5.95. The SMILES string of the molecule is COC(=O)c1ccc(NC(=O)CNC(=O)CC(c2ccc(O)c(OC)c2)c2oc(C)cc(=O)c2O)cc1. The van der Waals surface area contributed by atoms with Crippen molar-refractivity contribution in [2.24, 2.45) is 0 Å². The summed E-state index contributed by atoms with van der Waals surface area (Å²) in [6.45, 7) is 1.16. The van der Waals surface area contributed by atoms with Crippen LogP contribution in [0.25, 0.3) is 0 Å². The lowest BCUT2D eigenvalue weighted by atomic mass is 9.91. The summed E-state index contributed by atoms with van der Waals surface area (Å²) in [5.74, 6) is -3.12. The zero-order chi connectivity index (χ0) is 27.1. The second-order valence-electron chi connectivity index (χ2n) is 8.02. The molecule has 3 rings (SSSR count). The zero-order valence-corrected chi connectivity index (χ0v) is 20.4. The number of anilines is 1. The van der Waals surface area contributed by atoms with Gasteiger partial charge in [-0.1, -0.05) is 6.07 Å². The van der Waals surface area contributed by atoms with Crippen molar-refractivity contribution in [2.45, 2.75) is 19.3 Å². The van der Waals surface area contributed by atoms with Crippen LogP contribution in [-0.4, -0.2) is 48.8 Å². The largest absolute Gasteiger partial charge is 0.504 e. The van der Waals surface area contributed by atoms with E-state index < -0.39 is 34.9 Å². The first kappa shape index (κ1) is 26.8. The number of carbonyl (C=O) groups excluding carboxylic acids is 3. The van der Waals surface area contributed by atoms with Gasteiger partial charge in [0, 0.05) is 18.2 Å². The highest BCUT2D eigenvalue weighted by Gasteiger charge is 2.27. The number of ether oxygens (including phenoxy) is 2. The van der Waals surface area contributed by atoms with E-state index in [2.05, 4.69) is 15.4 Å². The summed E-state index contributed by atoms with van der Waals surface area (Å²) in [6.07, 6.45) is -0.297. The Kier molecular flexibility index (Phi) is 8.51. The van der Waals surface area contributed by atoms with Gasteiger partial charge in [0.15, 0.2) is 17.3 Å². The van der Waals surface area contributed by atoms with Gasteiger partial charge < -0.3 is 34.7 Å². The van der Waals surface area contributed by atoms with E-state index in [1.165, 1.54) is 63.6 Å². The molecule has 3 aromatic rings. The molecule has 37 heavy (non-hydrogen) atoms. The van der Waals surface area contributed by atoms with Gasteiger partial charge in [-0.2, -0.15) is 0 Å². The summed E-state index contributed by atoms with van der Waals surface area (Å²) < 4.78 is 15.4. The molecule has 0 radical (unpaired) electrons. The molecule has 1 atom stereocenters. The molecule has 4 N–H and O–H groups in total. The van der Waals surface area contributed by atoms with Crippen LogP contribution in [-0.2, 0) is 14.3 Å². The van der Waals surface area contributed by atoms with Crippen LogP contribution in [0.4, 0.5) is 5.69 Å². The van der Waals surface area contributed by atoms with Crippen LogP contribution < -0.4 is 20.8 Å². The van der Waals surface area contributed by atoms with Gasteiger partial charge in [0.2, 0.25) is 23.0 Å². The number of aromatic hydroxyl groups is 2. The van der Waals surface area contributed by atoms with E-state index in [0.717, 1.165) is 6.07 Å². The number of benzene rings is 2. The first-order chi connectivity index (χ1) is 17.6. The van der Waals surface area contributed by atoms with Crippen LogP contribution in [0.2, 0.25) is 0 Å². The molecule has 0 aliphatic carbocycles. The number of hydrogen-bond donors (Lipinski definition) is 4. The Hall–Kier alpha value is -4.80. The Morgan fingerprint density at radius 2 is 1.70 bits per heavy atom. The molecule has 2 aromatic carbocycles. The Morgan fingerprint density at radius 1 is 1.00 bits per heavy atom. The van der Waals surface area contributed by atoms with Crippen molar-refractivity contribution in [1.82, 2.24) is 5.32 Å². The lowest BCUT2D eigenvalue weighted by Crippen LogP contribution is -2.33. The maximum atomic E-state index is 12.8. The van der Waals surface area contributed by atoms with Crippen molar-refractivity contribution < 1.29 is 38.5 Å². The molecule has 0 saturated carbocycles. The molecule has 0 aliphatic rings. The third-order valence-electron chi connectivity index (χ3n) is 5.42. The maximum absolute atomic E-state index is 12.8. The van der Waals surface area contributed by atoms with E-state index in [-0.39, 0.29) is 36.0 Å². The summed E-state index contributed by atoms with van der Waals surface area (Å²) in [7, 11) is 2.61. The lowest BCUT2D eigenvalue weighted by Gasteiger charge is -2.19. The minimum Gasteiger partial charge on any atom is -0.504 e.